The van der Waals surface area contributed by atoms with E-state index in [1.54, 1.807) is 37.3 Å². The van der Waals surface area contributed by atoms with Gasteiger partial charge in [-0.1, -0.05) is 18.2 Å². The molecule has 0 unspecified atom stereocenters. The molecule has 100 valence electrons. The fourth-order valence-corrected chi connectivity index (χ4v) is 1.65. The van der Waals surface area contributed by atoms with Crippen molar-refractivity contribution in [1.82, 2.24) is 0 Å². The number of hydrogen-bond donors (Lipinski definition) is 0. The molecule has 0 N–H and O–H groups in total. The summed E-state index contributed by atoms with van der Waals surface area (Å²) in [5, 5.41) is 0. The highest BCUT2D eigenvalue weighted by Crippen LogP contribution is 2.18. The fourth-order valence-electron chi connectivity index (χ4n) is 1.65. The number of ketones is 1. The predicted octanol–water partition coefficient (Wildman–Crippen LogP) is 1.69. The van der Waals surface area contributed by atoms with E-state index in [4.69, 9.17) is 14.2 Å². The highest BCUT2D eigenvalue weighted by atomic mass is 16.7. The second kappa shape index (κ2) is 5.77. The molecule has 1 aromatic rings. The standard InChI is InChI=1S/C14H14O5/c1-9-13(15)11(8-12(17-2)18-9)19-14(16)10-6-4-3-5-7-10/h3-9,12H,1-2H3/t9-,12+/m1/s1. The van der Waals surface area contributed by atoms with Crippen LogP contribution in [0.3, 0.4) is 0 Å². The van der Waals surface area contributed by atoms with Gasteiger partial charge < -0.3 is 14.2 Å². The summed E-state index contributed by atoms with van der Waals surface area (Å²) in [5.41, 5.74) is 0.379. The van der Waals surface area contributed by atoms with Crippen molar-refractivity contribution >= 4 is 11.8 Å². The molecular formula is C14H14O5. The molecule has 1 heterocycles. The van der Waals surface area contributed by atoms with Gasteiger partial charge in [0.05, 0.1) is 5.56 Å². The average molecular weight is 262 g/mol. The summed E-state index contributed by atoms with van der Waals surface area (Å²) >= 11 is 0. The van der Waals surface area contributed by atoms with Gasteiger partial charge in [0.15, 0.2) is 12.0 Å². The quantitative estimate of drug-likeness (QED) is 0.776. The maximum absolute atomic E-state index is 11.9. The fraction of sp³-hybridized carbons (Fsp3) is 0.286. The molecule has 0 saturated carbocycles. The summed E-state index contributed by atoms with van der Waals surface area (Å²) in [4.78, 5) is 23.7. The van der Waals surface area contributed by atoms with E-state index in [0.29, 0.717) is 5.56 Å². The van der Waals surface area contributed by atoms with Crippen LogP contribution in [-0.4, -0.2) is 31.3 Å². The summed E-state index contributed by atoms with van der Waals surface area (Å²) in [6.07, 6.45) is -0.0387. The Bertz CT molecular complexity index is 506. The molecule has 0 aliphatic carbocycles. The highest BCUT2D eigenvalue weighted by molar-refractivity contribution is 6.01. The lowest BCUT2D eigenvalue weighted by atomic mass is 10.1. The van der Waals surface area contributed by atoms with Crippen LogP contribution in [0.15, 0.2) is 42.2 Å². The van der Waals surface area contributed by atoms with Crippen molar-refractivity contribution in [1.29, 1.82) is 0 Å². The highest BCUT2D eigenvalue weighted by Gasteiger charge is 2.30. The van der Waals surface area contributed by atoms with Crippen molar-refractivity contribution in [2.75, 3.05) is 7.11 Å². The zero-order valence-corrected chi connectivity index (χ0v) is 10.7. The normalized spacial score (nSPS) is 22.8. The van der Waals surface area contributed by atoms with Gasteiger partial charge in [-0.05, 0) is 19.1 Å². The van der Waals surface area contributed by atoms with Gasteiger partial charge in [-0.3, -0.25) is 4.79 Å². The third-order valence-corrected chi connectivity index (χ3v) is 2.68. The molecular weight excluding hydrogens is 248 g/mol. The van der Waals surface area contributed by atoms with E-state index >= 15 is 0 Å². The van der Waals surface area contributed by atoms with Crippen LogP contribution < -0.4 is 0 Å². The second-order valence-electron chi connectivity index (χ2n) is 4.03. The molecule has 0 aromatic heterocycles. The molecule has 1 aliphatic rings. The van der Waals surface area contributed by atoms with Crippen LogP contribution in [0.2, 0.25) is 0 Å². The zero-order chi connectivity index (χ0) is 13.8. The summed E-state index contributed by atoms with van der Waals surface area (Å²) in [6.45, 7) is 1.58. The Balaban J connectivity index is 2.15. The van der Waals surface area contributed by atoms with Crippen LogP contribution in [0.5, 0.6) is 0 Å². The smallest absolute Gasteiger partial charge is 0.343 e. The number of hydrogen-bond acceptors (Lipinski definition) is 5. The summed E-state index contributed by atoms with van der Waals surface area (Å²) < 4.78 is 15.3. The van der Waals surface area contributed by atoms with Crippen molar-refractivity contribution in [2.24, 2.45) is 0 Å². The zero-order valence-electron chi connectivity index (χ0n) is 10.7. The van der Waals surface area contributed by atoms with Crippen LogP contribution in [0.4, 0.5) is 0 Å². The van der Waals surface area contributed by atoms with Gasteiger partial charge >= 0.3 is 5.97 Å². The number of benzene rings is 1. The lowest BCUT2D eigenvalue weighted by Gasteiger charge is -2.24. The molecule has 19 heavy (non-hydrogen) atoms. The Hall–Kier alpha value is -1.98. The van der Waals surface area contributed by atoms with Crippen LogP contribution in [0.25, 0.3) is 0 Å². The number of esters is 1. The Morgan fingerprint density at radius 1 is 1.26 bits per heavy atom. The Kier molecular flexibility index (Phi) is 4.09. The summed E-state index contributed by atoms with van der Waals surface area (Å²) in [7, 11) is 1.44. The van der Waals surface area contributed by atoms with Crippen LogP contribution in [-0.2, 0) is 19.0 Å². The molecule has 0 bridgehead atoms. The minimum absolute atomic E-state index is 0.0422. The van der Waals surface area contributed by atoms with Gasteiger partial charge in [0, 0.05) is 13.2 Å². The number of carbonyl (C=O) groups excluding carboxylic acids is 2. The topological polar surface area (TPSA) is 61.8 Å². The van der Waals surface area contributed by atoms with Crippen molar-refractivity contribution in [2.45, 2.75) is 19.3 Å². The largest absolute Gasteiger partial charge is 0.419 e. The number of rotatable bonds is 3. The average Bonchev–Trinajstić information content (AvgIpc) is 2.44. The minimum atomic E-state index is -0.700. The van der Waals surface area contributed by atoms with Crippen LogP contribution >= 0.6 is 0 Å². The lowest BCUT2D eigenvalue weighted by Crippen LogP contribution is -2.35. The maximum Gasteiger partial charge on any atom is 0.343 e. The first-order chi connectivity index (χ1) is 9.11. The van der Waals surface area contributed by atoms with Crippen molar-refractivity contribution in [3.63, 3.8) is 0 Å². The first-order valence-corrected chi connectivity index (χ1v) is 5.83. The lowest BCUT2D eigenvalue weighted by molar-refractivity contribution is -0.157. The van der Waals surface area contributed by atoms with Crippen molar-refractivity contribution in [3.8, 4) is 0 Å². The van der Waals surface area contributed by atoms with E-state index in [-0.39, 0.29) is 11.5 Å². The monoisotopic (exact) mass is 262 g/mol. The molecule has 0 spiro atoms. The molecule has 5 heteroatoms. The molecule has 2 atom stereocenters. The number of ether oxygens (including phenoxy) is 3. The Morgan fingerprint density at radius 3 is 2.58 bits per heavy atom. The SMILES string of the molecule is CO[C@@H]1C=C(OC(=O)c2ccccc2)C(=O)[C@@H](C)O1. The first kappa shape index (κ1) is 13.5. The van der Waals surface area contributed by atoms with Crippen molar-refractivity contribution in [3.05, 3.63) is 47.7 Å². The van der Waals surface area contributed by atoms with Gasteiger partial charge in [0.25, 0.3) is 0 Å². The molecule has 2 rings (SSSR count). The maximum atomic E-state index is 11.9. The van der Waals surface area contributed by atoms with Crippen LogP contribution in [0, 0.1) is 0 Å². The van der Waals surface area contributed by atoms with E-state index in [2.05, 4.69) is 0 Å². The molecule has 5 nitrogen and oxygen atoms in total. The van der Waals surface area contributed by atoms with Gasteiger partial charge in [-0.25, -0.2) is 4.79 Å². The van der Waals surface area contributed by atoms with E-state index in [9.17, 15) is 9.59 Å². The van der Waals surface area contributed by atoms with E-state index in [1.807, 2.05) is 0 Å². The molecule has 0 radical (unpaired) electrons. The van der Waals surface area contributed by atoms with Gasteiger partial charge in [-0.15, -0.1) is 0 Å². The van der Waals surface area contributed by atoms with Gasteiger partial charge in [0.2, 0.25) is 5.78 Å². The number of carbonyl (C=O) groups is 2. The van der Waals surface area contributed by atoms with E-state index < -0.39 is 18.4 Å². The number of Topliss-reactive ketones (excluding diaryl/α,β-unsaturated/α-hetero) is 1. The van der Waals surface area contributed by atoms with Crippen LogP contribution in [0.1, 0.15) is 17.3 Å². The summed E-state index contributed by atoms with van der Waals surface area (Å²) in [5.74, 6) is -0.999. The van der Waals surface area contributed by atoms with Gasteiger partial charge in [-0.2, -0.15) is 0 Å². The van der Waals surface area contributed by atoms with E-state index in [0.717, 1.165) is 0 Å². The molecule has 1 aromatic carbocycles. The predicted molar refractivity (Wildman–Crippen MR) is 66.3 cm³/mol. The molecule has 0 saturated heterocycles. The Morgan fingerprint density at radius 2 is 1.95 bits per heavy atom. The second-order valence-corrected chi connectivity index (χ2v) is 4.03. The van der Waals surface area contributed by atoms with Crippen molar-refractivity contribution < 1.29 is 23.8 Å². The third-order valence-electron chi connectivity index (χ3n) is 2.68. The first-order valence-electron chi connectivity index (χ1n) is 5.83. The third kappa shape index (κ3) is 3.07. The minimum Gasteiger partial charge on any atom is -0.419 e. The van der Waals surface area contributed by atoms with E-state index in [1.165, 1.54) is 13.2 Å². The number of methoxy groups -OCH3 is 1. The molecule has 0 fully saturated rings. The summed E-state index contributed by atoms with van der Waals surface area (Å²) in [6, 6.07) is 8.46. The Labute approximate surface area is 110 Å². The van der Waals surface area contributed by atoms with Gasteiger partial charge in [0.1, 0.15) is 6.10 Å². The molecule has 1 aliphatic heterocycles. The molecule has 0 amide bonds.